The van der Waals surface area contributed by atoms with Crippen molar-refractivity contribution in [2.45, 2.75) is 25.5 Å². The molecule has 0 aliphatic heterocycles. The lowest BCUT2D eigenvalue weighted by molar-refractivity contribution is 0.102. The quantitative estimate of drug-likeness (QED) is 0.615. The molecule has 0 saturated heterocycles. The van der Waals surface area contributed by atoms with Crippen molar-refractivity contribution < 1.29 is 4.79 Å². The van der Waals surface area contributed by atoms with E-state index in [1.165, 1.54) is 22.5 Å². The Morgan fingerprint density at radius 2 is 1.77 bits per heavy atom. The van der Waals surface area contributed by atoms with Gasteiger partial charge in [0.05, 0.1) is 0 Å². The Kier molecular flexibility index (Phi) is 6.06. The fourth-order valence-corrected chi connectivity index (χ4v) is 3.76. The molecule has 26 heavy (non-hydrogen) atoms. The zero-order valence-corrected chi connectivity index (χ0v) is 16.7. The minimum atomic E-state index is -0.168. The average molecular weight is 384 g/mol. The van der Waals surface area contributed by atoms with E-state index in [9.17, 15) is 4.79 Å². The normalized spacial score (nSPS) is 10.9. The van der Waals surface area contributed by atoms with Crippen LogP contribution in [-0.4, -0.2) is 22.4 Å². The third kappa shape index (κ3) is 4.51. The Hall–Kier alpha value is -2.18. The molecule has 1 heterocycles. The smallest absolute Gasteiger partial charge is 0.257 e. The molecule has 4 nitrogen and oxygen atoms in total. The molecular formula is C20H21N3OS2. The number of carbonyl (C=O) groups excluding carboxylic acids is 1. The molecule has 134 valence electrons. The lowest BCUT2D eigenvalue weighted by Crippen LogP contribution is -2.11. The molecule has 0 bridgehead atoms. The summed E-state index contributed by atoms with van der Waals surface area (Å²) in [5.41, 5.74) is 4.12. The first-order valence-corrected chi connectivity index (χ1v) is 10.6. The summed E-state index contributed by atoms with van der Waals surface area (Å²) >= 11 is 3.13. The summed E-state index contributed by atoms with van der Waals surface area (Å²) in [6.45, 7) is 4.34. The Bertz CT molecular complexity index is 871. The number of nitrogens with zero attached hydrogens (tertiary/aromatic N) is 2. The first-order valence-electron chi connectivity index (χ1n) is 8.40. The summed E-state index contributed by atoms with van der Waals surface area (Å²) in [6.07, 6.45) is 2.06. The molecule has 3 rings (SSSR count). The van der Waals surface area contributed by atoms with Crippen LogP contribution in [0.25, 0.3) is 10.6 Å². The number of aromatic nitrogens is 2. The summed E-state index contributed by atoms with van der Waals surface area (Å²) < 4.78 is 0. The highest BCUT2D eigenvalue weighted by Crippen LogP contribution is 2.28. The monoisotopic (exact) mass is 383 g/mol. The zero-order valence-electron chi connectivity index (χ0n) is 15.0. The second-order valence-electron chi connectivity index (χ2n) is 6.27. The fraction of sp³-hybridized carbons (Fsp3) is 0.250. The van der Waals surface area contributed by atoms with Crippen LogP contribution in [0.1, 0.15) is 41.3 Å². The second-order valence-corrected chi connectivity index (χ2v) is 8.12. The minimum Gasteiger partial charge on any atom is -0.296 e. The summed E-state index contributed by atoms with van der Waals surface area (Å²) in [7, 11) is 0. The standard InChI is InChI=1S/C20H21N3OS2/c1-13(2)15-8-10-17(11-9-15)19-22-23-20(26-19)21-18(24)16-6-4-14(5-7-16)12-25-3/h4-11,13H,12H2,1-3H3,(H,21,23,24). The van der Waals surface area contributed by atoms with E-state index in [-0.39, 0.29) is 5.91 Å². The predicted octanol–water partition coefficient (Wildman–Crippen LogP) is 5.44. The lowest BCUT2D eigenvalue weighted by atomic mass is 10.0. The van der Waals surface area contributed by atoms with Gasteiger partial charge >= 0.3 is 0 Å². The Morgan fingerprint density at radius 3 is 2.38 bits per heavy atom. The van der Waals surface area contributed by atoms with Crippen molar-refractivity contribution in [3.63, 3.8) is 0 Å². The second kappa shape index (κ2) is 8.47. The van der Waals surface area contributed by atoms with Crippen LogP contribution in [0.3, 0.4) is 0 Å². The van der Waals surface area contributed by atoms with Crippen molar-refractivity contribution in [2.24, 2.45) is 0 Å². The van der Waals surface area contributed by atoms with Crippen molar-refractivity contribution >= 4 is 34.1 Å². The molecule has 0 atom stereocenters. The number of carbonyl (C=O) groups is 1. The van der Waals surface area contributed by atoms with Gasteiger partial charge in [0.1, 0.15) is 5.01 Å². The molecular weight excluding hydrogens is 362 g/mol. The predicted molar refractivity (Wildman–Crippen MR) is 111 cm³/mol. The molecule has 1 aromatic heterocycles. The molecule has 1 amide bonds. The molecule has 3 aromatic rings. The van der Waals surface area contributed by atoms with Crippen LogP contribution in [0.2, 0.25) is 0 Å². The van der Waals surface area contributed by atoms with Crippen LogP contribution in [0.15, 0.2) is 48.5 Å². The van der Waals surface area contributed by atoms with Crippen molar-refractivity contribution in [1.82, 2.24) is 10.2 Å². The van der Waals surface area contributed by atoms with Crippen LogP contribution < -0.4 is 5.32 Å². The van der Waals surface area contributed by atoms with Crippen molar-refractivity contribution in [3.8, 4) is 10.6 Å². The summed E-state index contributed by atoms with van der Waals surface area (Å²) in [5, 5.41) is 12.4. The molecule has 6 heteroatoms. The largest absolute Gasteiger partial charge is 0.296 e. The molecule has 0 fully saturated rings. The minimum absolute atomic E-state index is 0.168. The number of thioether (sulfide) groups is 1. The molecule has 0 aliphatic carbocycles. The maximum absolute atomic E-state index is 12.4. The highest BCUT2D eigenvalue weighted by atomic mass is 32.2. The number of hydrogen-bond acceptors (Lipinski definition) is 5. The number of hydrogen-bond donors (Lipinski definition) is 1. The van der Waals surface area contributed by atoms with Gasteiger partial charge in [-0.1, -0.05) is 61.6 Å². The van der Waals surface area contributed by atoms with Crippen LogP contribution >= 0.6 is 23.1 Å². The Morgan fingerprint density at radius 1 is 1.08 bits per heavy atom. The number of nitrogens with one attached hydrogen (secondary N) is 1. The van der Waals surface area contributed by atoms with E-state index in [0.717, 1.165) is 16.3 Å². The van der Waals surface area contributed by atoms with E-state index in [4.69, 9.17) is 0 Å². The lowest BCUT2D eigenvalue weighted by Gasteiger charge is -2.05. The van der Waals surface area contributed by atoms with E-state index in [2.05, 4.69) is 47.8 Å². The highest BCUT2D eigenvalue weighted by molar-refractivity contribution is 7.97. The number of anilines is 1. The molecule has 0 spiro atoms. The van der Waals surface area contributed by atoms with Gasteiger partial charge in [-0.2, -0.15) is 11.8 Å². The maximum Gasteiger partial charge on any atom is 0.257 e. The van der Waals surface area contributed by atoms with Gasteiger partial charge in [-0.15, -0.1) is 10.2 Å². The Labute approximate surface area is 162 Å². The fourth-order valence-electron chi connectivity index (χ4n) is 2.49. The SMILES string of the molecule is CSCc1ccc(C(=O)Nc2nnc(-c3ccc(C(C)C)cc3)s2)cc1. The molecule has 0 radical (unpaired) electrons. The average Bonchev–Trinajstić information content (AvgIpc) is 3.11. The summed E-state index contributed by atoms with van der Waals surface area (Å²) in [4.78, 5) is 12.4. The molecule has 0 aliphatic rings. The molecule has 2 aromatic carbocycles. The topological polar surface area (TPSA) is 54.9 Å². The number of benzene rings is 2. The van der Waals surface area contributed by atoms with Gasteiger partial charge in [0.15, 0.2) is 0 Å². The molecule has 1 N–H and O–H groups in total. The Balaban J connectivity index is 1.68. The van der Waals surface area contributed by atoms with Gasteiger partial charge in [-0.3, -0.25) is 10.1 Å². The first kappa shape index (κ1) is 18.6. The van der Waals surface area contributed by atoms with Gasteiger partial charge in [0, 0.05) is 16.9 Å². The number of rotatable bonds is 6. The highest BCUT2D eigenvalue weighted by Gasteiger charge is 2.11. The van der Waals surface area contributed by atoms with E-state index >= 15 is 0 Å². The van der Waals surface area contributed by atoms with Gasteiger partial charge in [-0.25, -0.2) is 0 Å². The maximum atomic E-state index is 12.4. The first-order chi connectivity index (χ1) is 12.6. The van der Waals surface area contributed by atoms with E-state index in [0.29, 0.717) is 16.6 Å². The van der Waals surface area contributed by atoms with Gasteiger partial charge < -0.3 is 0 Å². The van der Waals surface area contributed by atoms with Gasteiger partial charge in [0.2, 0.25) is 5.13 Å². The van der Waals surface area contributed by atoms with Gasteiger partial charge in [-0.05, 0) is 35.4 Å². The summed E-state index contributed by atoms with van der Waals surface area (Å²) in [5.74, 6) is 1.27. The van der Waals surface area contributed by atoms with Crippen LogP contribution in [0.5, 0.6) is 0 Å². The summed E-state index contributed by atoms with van der Waals surface area (Å²) in [6, 6.07) is 15.9. The van der Waals surface area contributed by atoms with E-state index in [1.807, 2.05) is 36.4 Å². The van der Waals surface area contributed by atoms with E-state index < -0.39 is 0 Å². The van der Waals surface area contributed by atoms with Gasteiger partial charge in [0.25, 0.3) is 5.91 Å². The third-order valence-corrected chi connectivity index (χ3v) is 5.51. The third-order valence-electron chi connectivity index (χ3n) is 4.00. The number of amides is 1. The van der Waals surface area contributed by atoms with Crippen molar-refractivity contribution in [3.05, 3.63) is 65.2 Å². The van der Waals surface area contributed by atoms with Crippen molar-refractivity contribution in [1.29, 1.82) is 0 Å². The van der Waals surface area contributed by atoms with Crippen LogP contribution in [0, 0.1) is 0 Å². The van der Waals surface area contributed by atoms with Crippen LogP contribution in [0.4, 0.5) is 5.13 Å². The molecule has 0 saturated carbocycles. The van der Waals surface area contributed by atoms with Crippen molar-refractivity contribution in [2.75, 3.05) is 11.6 Å². The van der Waals surface area contributed by atoms with E-state index in [1.54, 1.807) is 11.8 Å². The zero-order chi connectivity index (χ0) is 18.5. The van der Waals surface area contributed by atoms with Crippen LogP contribution in [-0.2, 0) is 5.75 Å². The molecule has 0 unspecified atom stereocenters.